The van der Waals surface area contributed by atoms with Crippen LogP contribution in [0.5, 0.6) is 0 Å². The number of aliphatic carboxylic acids is 1. The van der Waals surface area contributed by atoms with Gasteiger partial charge in [-0.3, -0.25) is 9.59 Å². The molecule has 0 aliphatic rings. The molecule has 0 fully saturated rings. The van der Waals surface area contributed by atoms with E-state index in [0.29, 0.717) is 6.54 Å². The lowest BCUT2D eigenvalue weighted by Crippen LogP contribution is -2.43. The van der Waals surface area contributed by atoms with Crippen molar-refractivity contribution < 1.29 is 14.7 Å². The number of carbonyl (C=O) groups is 2. The summed E-state index contributed by atoms with van der Waals surface area (Å²) in [5, 5.41) is 8.39. The summed E-state index contributed by atoms with van der Waals surface area (Å²) in [6.07, 6.45) is 0.523. The third kappa shape index (κ3) is 4.47. The molecule has 0 radical (unpaired) electrons. The summed E-state index contributed by atoms with van der Waals surface area (Å²) in [7, 11) is 1.62. The summed E-state index contributed by atoms with van der Waals surface area (Å²) < 4.78 is 0. The number of hydrogen-bond acceptors (Lipinski definition) is 3. The van der Waals surface area contributed by atoms with Gasteiger partial charge in [-0.1, -0.05) is 6.92 Å². The molecule has 0 spiro atoms. The van der Waals surface area contributed by atoms with E-state index in [1.807, 2.05) is 6.92 Å². The van der Waals surface area contributed by atoms with Crippen LogP contribution >= 0.6 is 0 Å². The van der Waals surface area contributed by atoms with Crippen LogP contribution in [-0.4, -0.2) is 41.5 Å². The van der Waals surface area contributed by atoms with Gasteiger partial charge in [-0.15, -0.1) is 0 Å². The third-order valence-corrected chi connectivity index (χ3v) is 1.65. The van der Waals surface area contributed by atoms with E-state index in [-0.39, 0.29) is 12.3 Å². The van der Waals surface area contributed by atoms with Crippen LogP contribution in [0, 0.1) is 0 Å². The molecule has 0 aromatic carbocycles. The second-order valence-electron chi connectivity index (χ2n) is 2.96. The van der Waals surface area contributed by atoms with E-state index in [9.17, 15) is 9.59 Å². The van der Waals surface area contributed by atoms with Gasteiger partial charge >= 0.3 is 5.97 Å². The lowest BCUT2D eigenvalue weighted by atomic mass is 10.2. The number of carboxylic acids is 1. The van der Waals surface area contributed by atoms with Crippen molar-refractivity contribution in [3.63, 3.8) is 0 Å². The van der Waals surface area contributed by atoms with Gasteiger partial charge in [-0.2, -0.15) is 0 Å². The molecule has 5 heteroatoms. The highest BCUT2D eigenvalue weighted by molar-refractivity contribution is 5.85. The van der Waals surface area contributed by atoms with Crippen LogP contribution < -0.4 is 5.73 Å². The Morgan fingerprint density at radius 1 is 1.54 bits per heavy atom. The molecule has 13 heavy (non-hydrogen) atoms. The molecule has 0 aliphatic carbocycles. The van der Waals surface area contributed by atoms with E-state index >= 15 is 0 Å². The quantitative estimate of drug-likeness (QED) is 0.618. The van der Waals surface area contributed by atoms with E-state index in [1.54, 1.807) is 7.05 Å². The maximum Gasteiger partial charge on any atom is 0.305 e. The van der Waals surface area contributed by atoms with Gasteiger partial charge < -0.3 is 15.7 Å². The highest BCUT2D eigenvalue weighted by Crippen LogP contribution is 1.96. The topological polar surface area (TPSA) is 83.6 Å². The maximum atomic E-state index is 11.3. The predicted molar refractivity (Wildman–Crippen MR) is 48.2 cm³/mol. The van der Waals surface area contributed by atoms with Crippen molar-refractivity contribution in [2.75, 3.05) is 13.6 Å². The van der Waals surface area contributed by atoms with Crippen LogP contribution in [0.15, 0.2) is 0 Å². The Labute approximate surface area is 77.5 Å². The standard InChI is InChI=1S/C8H16N2O3/c1-3-4-10(2)8(13)6(9)5-7(11)12/h6H,3-5,9H2,1-2H3,(H,11,12). The number of rotatable bonds is 5. The Hall–Kier alpha value is -1.10. The second kappa shape index (κ2) is 5.53. The molecule has 0 rings (SSSR count). The Morgan fingerprint density at radius 2 is 2.08 bits per heavy atom. The van der Waals surface area contributed by atoms with Crippen LogP contribution in [-0.2, 0) is 9.59 Å². The van der Waals surface area contributed by atoms with Gasteiger partial charge in [0.2, 0.25) is 5.91 Å². The van der Waals surface area contributed by atoms with Crippen molar-refractivity contribution >= 4 is 11.9 Å². The fourth-order valence-corrected chi connectivity index (χ4v) is 1.00. The van der Waals surface area contributed by atoms with Gasteiger partial charge in [0, 0.05) is 13.6 Å². The largest absolute Gasteiger partial charge is 0.481 e. The zero-order valence-corrected chi connectivity index (χ0v) is 7.99. The normalized spacial score (nSPS) is 12.2. The van der Waals surface area contributed by atoms with Crippen LogP contribution in [0.25, 0.3) is 0 Å². The van der Waals surface area contributed by atoms with Crippen molar-refractivity contribution in [3.05, 3.63) is 0 Å². The lowest BCUT2D eigenvalue weighted by molar-refractivity contribution is -0.141. The average Bonchev–Trinajstić information content (AvgIpc) is 2.02. The molecule has 1 unspecified atom stereocenters. The van der Waals surface area contributed by atoms with Crippen LogP contribution in [0.1, 0.15) is 19.8 Å². The first-order valence-electron chi connectivity index (χ1n) is 4.21. The summed E-state index contributed by atoms with van der Waals surface area (Å²) in [5.41, 5.74) is 5.38. The highest BCUT2D eigenvalue weighted by atomic mass is 16.4. The zero-order valence-electron chi connectivity index (χ0n) is 7.99. The molecule has 0 saturated heterocycles. The van der Waals surface area contributed by atoms with Crippen molar-refractivity contribution in [2.45, 2.75) is 25.8 Å². The number of likely N-dealkylation sites (N-methyl/N-ethyl adjacent to an activating group) is 1. The van der Waals surface area contributed by atoms with Crippen LogP contribution in [0.4, 0.5) is 0 Å². The average molecular weight is 188 g/mol. The molecule has 0 heterocycles. The molecule has 0 bridgehead atoms. The van der Waals surface area contributed by atoms with Gasteiger partial charge in [-0.25, -0.2) is 0 Å². The molecule has 3 N–H and O–H groups in total. The summed E-state index contributed by atoms with van der Waals surface area (Å²) in [6.45, 7) is 2.54. The minimum absolute atomic E-state index is 0.313. The van der Waals surface area contributed by atoms with Crippen molar-refractivity contribution in [1.29, 1.82) is 0 Å². The number of carbonyl (C=O) groups excluding carboxylic acids is 1. The molecule has 0 aromatic heterocycles. The van der Waals surface area contributed by atoms with E-state index in [2.05, 4.69) is 0 Å². The number of carboxylic acid groups (broad SMARTS) is 1. The fourth-order valence-electron chi connectivity index (χ4n) is 1.00. The zero-order chi connectivity index (χ0) is 10.4. The van der Waals surface area contributed by atoms with Crippen molar-refractivity contribution in [3.8, 4) is 0 Å². The number of nitrogens with two attached hydrogens (primary N) is 1. The Kier molecular flexibility index (Phi) is 5.06. The first-order valence-corrected chi connectivity index (χ1v) is 4.21. The van der Waals surface area contributed by atoms with Gasteiger partial charge in [0.15, 0.2) is 0 Å². The Balaban J connectivity index is 4.01. The lowest BCUT2D eigenvalue weighted by Gasteiger charge is -2.19. The Morgan fingerprint density at radius 3 is 2.46 bits per heavy atom. The molecular weight excluding hydrogens is 172 g/mol. The van der Waals surface area contributed by atoms with E-state index in [0.717, 1.165) is 6.42 Å². The molecule has 1 atom stereocenters. The first-order chi connectivity index (χ1) is 5.99. The number of hydrogen-bond donors (Lipinski definition) is 2. The van der Waals surface area contributed by atoms with Crippen molar-refractivity contribution in [1.82, 2.24) is 4.90 Å². The fraction of sp³-hybridized carbons (Fsp3) is 0.750. The predicted octanol–water partition coefficient (Wildman–Crippen LogP) is -0.343. The molecule has 0 aromatic rings. The van der Waals surface area contributed by atoms with Crippen LogP contribution in [0.3, 0.4) is 0 Å². The summed E-state index contributed by atoms with van der Waals surface area (Å²) >= 11 is 0. The van der Waals surface area contributed by atoms with E-state index in [1.165, 1.54) is 4.90 Å². The van der Waals surface area contributed by atoms with Crippen LogP contribution in [0.2, 0.25) is 0 Å². The summed E-state index contributed by atoms with van der Waals surface area (Å²) in [4.78, 5) is 23.0. The smallest absolute Gasteiger partial charge is 0.305 e. The first kappa shape index (κ1) is 11.9. The summed E-state index contributed by atoms with van der Waals surface area (Å²) in [6, 6.07) is -0.922. The Bertz CT molecular complexity index is 194. The number of amides is 1. The van der Waals surface area contributed by atoms with Gasteiger partial charge in [-0.05, 0) is 6.42 Å². The molecular formula is C8H16N2O3. The minimum atomic E-state index is -1.05. The van der Waals surface area contributed by atoms with Gasteiger partial charge in [0.1, 0.15) is 0 Å². The molecule has 1 amide bonds. The third-order valence-electron chi connectivity index (χ3n) is 1.65. The molecule has 76 valence electrons. The van der Waals surface area contributed by atoms with E-state index in [4.69, 9.17) is 10.8 Å². The molecule has 0 saturated carbocycles. The highest BCUT2D eigenvalue weighted by Gasteiger charge is 2.19. The molecule has 0 aliphatic heterocycles. The van der Waals surface area contributed by atoms with Crippen molar-refractivity contribution in [2.24, 2.45) is 5.73 Å². The monoisotopic (exact) mass is 188 g/mol. The number of nitrogens with zero attached hydrogens (tertiary/aromatic N) is 1. The van der Waals surface area contributed by atoms with Gasteiger partial charge in [0.05, 0.1) is 12.5 Å². The van der Waals surface area contributed by atoms with E-state index < -0.39 is 12.0 Å². The second-order valence-corrected chi connectivity index (χ2v) is 2.96. The minimum Gasteiger partial charge on any atom is -0.481 e. The summed E-state index contributed by atoms with van der Waals surface area (Å²) in [5.74, 6) is -1.37. The maximum absolute atomic E-state index is 11.3. The van der Waals surface area contributed by atoms with Gasteiger partial charge in [0.25, 0.3) is 0 Å². The SMILES string of the molecule is CCCN(C)C(=O)C(N)CC(=O)O. The molecule has 5 nitrogen and oxygen atoms in total.